The van der Waals surface area contributed by atoms with E-state index in [2.05, 4.69) is 76.4 Å². The highest BCUT2D eigenvalue weighted by atomic mass is 127. The Morgan fingerprint density at radius 1 is 1.00 bits per heavy atom. The smallest absolute Gasteiger partial charge is 0.191 e. The first-order chi connectivity index (χ1) is 12.2. The van der Waals surface area contributed by atoms with Gasteiger partial charge in [-0.1, -0.05) is 36.4 Å². The second-order valence-electron chi connectivity index (χ2n) is 5.82. The first-order valence-electron chi connectivity index (χ1n) is 8.53. The maximum absolute atomic E-state index is 5.03. The molecule has 3 N–H and O–H groups in total. The Hall–Kier alpha value is -1.80. The molecular formula is C20H29IN4O. The van der Waals surface area contributed by atoms with Crippen LogP contribution in [0.25, 0.3) is 0 Å². The van der Waals surface area contributed by atoms with Crippen LogP contribution in [0.3, 0.4) is 0 Å². The Kier molecular flexibility index (Phi) is 10.7. The van der Waals surface area contributed by atoms with Gasteiger partial charge in [0.2, 0.25) is 0 Å². The third kappa shape index (κ3) is 7.61. The first-order valence-corrected chi connectivity index (χ1v) is 8.53. The van der Waals surface area contributed by atoms with Crippen molar-refractivity contribution in [1.29, 1.82) is 0 Å². The van der Waals surface area contributed by atoms with E-state index in [0.717, 1.165) is 31.3 Å². The number of nitrogens with zero attached hydrogens (tertiary/aromatic N) is 1. The second-order valence-corrected chi connectivity index (χ2v) is 5.82. The van der Waals surface area contributed by atoms with Crippen molar-refractivity contribution in [3.05, 3.63) is 65.2 Å². The van der Waals surface area contributed by atoms with Crippen LogP contribution in [-0.4, -0.2) is 33.3 Å². The highest BCUT2D eigenvalue weighted by Gasteiger charge is 2.01. The van der Waals surface area contributed by atoms with Gasteiger partial charge in [0.1, 0.15) is 0 Å². The van der Waals surface area contributed by atoms with Gasteiger partial charge in [-0.3, -0.25) is 4.99 Å². The molecule has 0 radical (unpaired) electrons. The fourth-order valence-corrected chi connectivity index (χ4v) is 2.43. The molecule has 0 bridgehead atoms. The summed E-state index contributed by atoms with van der Waals surface area (Å²) in [6, 6.07) is 16.7. The van der Waals surface area contributed by atoms with E-state index >= 15 is 0 Å². The van der Waals surface area contributed by atoms with E-state index in [0.29, 0.717) is 6.61 Å². The van der Waals surface area contributed by atoms with Gasteiger partial charge in [0, 0.05) is 39.5 Å². The molecule has 0 unspecified atom stereocenters. The fourth-order valence-electron chi connectivity index (χ4n) is 2.43. The van der Waals surface area contributed by atoms with E-state index < -0.39 is 0 Å². The minimum atomic E-state index is 0. The summed E-state index contributed by atoms with van der Waals surface area (Å²) in [6.45, 7) is 5.12. The number of benzene rings is 2. The molecular weight excluding hydrogens is 439 g/mol. The Balaban J connectivity index is 0.00000338. The number of guanidine groups is 1. The Morgan fingerprint density at radius 3 is 2.35 bits per heavy atom. The van der Waals surface area contributed by atoms with Crippen molar-refractivity contribution in [3.8, 4) is 0 Å². The molecule has 0 saturated carbocycles. The standard InChI is InChI=1S/C20H28N4O.HI/c1-16-6-4-5-7-18(16)15-24-20(21-2)23-14-17-8-10-19(11-9-17)22-12-13-25-3;/h4-11,22H,12-15H2,1-3H3,(H2,21,23,24);1H. The number of halogens is 1. The molecule has 0 atom stereocenters. The first kappa shape index (κ1) is 22.2. The Morgan fingerprint density at radius 2 is 1.69 bits per heavy atom. The summed E-state index contributed by atoms with van der Waals surface area (Å²) in [5.41, 5.74) is 4.86. The number of hydrogen-bond donors (Lipinski definition) is 3. The van der Waals surface area contributed by atoms with Gasteiger partial charge in [0.15, 0.2) is 5.96 Å². The second kappa shape index (κ2) is 12.5. The highest BCUT2D eigenvalue weighted by Crippen LogP contribution is 2.09. The molecule has 5 nitrogen and oxygen atoms in total. The fraction of sp³-hybridized carbons (Fsp3) is 0.350. The number of nitrogens with one attached hydrogen (secondary N) is 3. The number of rotatable bonds is 8. The largest absolute Gasteiger partial charge is 0.383 e. The lowest BCUT2D eigenvalue weighted by Gasteiger charge is -2.13. The summed E-state index contributed by atoms with van der Waals surface area (Å²) >= 11 is 0. The van der Waals surface area contributed by atoms with Crippen LogP contribution in [0.5, 0.6) is 0 Å². The van der Waals surface area contributed by atoms with Crippen molar-refractivity contribution in [2.45, 2.75) is 20.0 Å². The van der Waals surface area contributed by atoms with E-state index in [4.69, 9.17) is 4.74 Å². The minimum Gasteiger partial charge on any atom is -0.383 e. The maximum atomic E-state index is 5.03. The van der Waals surface area contributed by atoms with E-state index in [9.17, 15) is 0 Å². The zero-order valence-electron chi connectivity index (χ0n) is 15.7. The lowest BCUT2D eigenvalue weighted by atomic mass is 10.1. The van der Waals surface area contributed by atoms with Gasteiger partial charge in [-0.15, -0.1) is 24.0 Å². The predicted molar refractivity (Wildman–Crippen MR) is 120 cm³/mol. The van der Waals surface area contributed by atoms with E-state index in [1.807, 2.05) is 0 Å². The zero-order chi connectivity index (χ0) is 17.9. The van der Waals surface area contributed by atoms with Crippen LogP contribution in [0.1, 0.15) is 16.7 Å². The molecule has 6 heteroatoms. The average Bonchev–Trinajstić information content (AvgIpc) is 2.64. The Bertz CT molecular complexity index is 674. The number of aliphatic imine (C=N–C) groups is 1. The Labute approximate surface area is 173 Å². The lowest BCUT2D eigenvalue weighted by molar-refractivity contribution is 0.211. The summed E-state index contributed by atoms with van der Waals surface area (Å²) in [6.07, 6.45) is 0. The average molecular weight is 468 g/mol. The molecule has 0 fully saturated rings. The quantitative estimate of drug-likeness (QED) is 0.240. The van der Waals surface area contributed by atoms with Gasteiger partial charge in [-0.25, -0.2) is 0 Å². The van der Waals surface area contributed by atoms with E-state index in [-0.39, 0.29) is 24.0 Å². The van der Waals surface area contributed by atoms with Crippen LogP contribution in [0.15, 0.2) is 53.5 Å². The molecule has 2 aromatic rings. The molecule has 0 saturated heterocycles. The summed E-state index contributed by atoms with van der Waals surface area (Å²) in [5.74, 6) is 0.797. The summed E-state index contributed by atoms with van der Waals surface area (Å²) in [5, 5.41) is 10.0. The highest BCUT2D eigenvalue weighted by molar-refractivity contribution is 14.0. The molecule has 2 aromatic carbocycles. The maximum Gasteiger partial charge on any atom is 0.191 e. The van der Waals surface area contributed by atoms with Gasteiger partial charge < -0.3 is 20.7 Å². The molecule has 0 aliphatic rings. The van der Waals surface area contributed by atoms with Crippen LogP contribution in [0.2, 0.25) is 0 Å². The molecule has 0 aliphatic carbocycles. The number of methoxy groups -OCH3 is 1. The van der Waals surface area contributed by atoms with Crippen molar-refractivity contribution in [1.82, 2.24) is 10.6 Å². The minimum absolute atomic E-state index is 0. The number of aryl methyl sites for hydroxylation is 1. The van der Waals surface area contributed by atoms with Gasteiger partial charge in [-0.05, 0) is 35.7 Å². The molecule has 0 aromatic heterocycles. The molecule has 0 amide bonds. The van der Waals surface area contributed by atoms with Crippen molar-refractivity contribution in [2.24, 2.45) is 4.99 Å². The van der Waals surface area contributed by atoms with Gasteiger partial charge in [-0.2, -0.15) is 0 Å². The molecule has 26 heavy (non-hydrogen) atoms. The van der Waals surface area contributed by atoms with E-state index in [1.54, 1.807) is 14.2 Å². The van der Waals surface area contributed by atoms with E-state index in [1.165, 1.54) is 16.7 Å². The van der Waals surface area contributed by atoms with Gasteiger partial charge in [0.25, 0.3) is 0 Å². The SMILES string of the molecule is CN=C(NCc1ccc(NCCOC)cc1)NCc1ccccc1C.I. The van der Waals surface area contributed by atoms with Crippen molar-refractivity contribution in [3.63, 3.8) is 0 Å². The molecule has 0 spiro atoms. The third-order valence-corrected chi connectivity index (χ3v) is 3.98. The van der Waals surface area contributed by atoms with Crippen LogP contribution in [0, 0.1) is 6.92 Å². The normalized spacial score (nSPS) is 10.8. The molecule has 2 rings (SSSR count). The summed E-state index contributed by atoms with van der Waals surface area (Å²) in [4.78, 5) is 4.28. The third-order valence-electron chi connectivity index (χ3n) is 3.98. The predicted octanol–water partition coefficient (Wildman–Crippen LogP) is 3.54. The topological polar surface area (TPSA) is 57.7 Å². The number of anilines is 1. The zero-order valence-corrected chi connectivity index (χ0v) is 18.0. The van der Waals surface area contributed by atoms with Crippen LogP contribution in [0.4, 0.5) is 5.69 Å². The molecule has 142 valence electrons. The van der Waals surface area contributed by atoms with Crippen LogP contribution < -0.4 is 16.0 Å². The molecule has 0 heterocycles. The summed E-state index contributed by atoms with van der Waals surface area (Å²) in [7, 11) is 3.49. The van der Waals surface area contributed by atoms with Gasteiger partial charge in [0.05, 0.1) is 6.61 Å². The number of hydrogen-bond acceptors (Lipinski definition) is 3. The van der Waals surface area contributed by atoms with Crippen molar-refractivity contribution >= 4 is 35.6 Å². The molecule has 0 aliphatic heterocycles. The van der Waals surface area contributed by atoms with Crippen LogP contribution >= 0.6 is 24.0 Å². The number of ether oxygens (including phenoxy) is 1. The van der Waals surface area contributed by atoms with Crippen molar-refractivity contribution in [2.75, 3.05) is 32.6 Å². The lowest BCUT2D eigenvalue weighted by Crippen LogP contribution is -2.36. The van der Waals surface area contributed by atoms with Gasteiger partial charge >= 0.3 is 0 Å². The van der Waals surface area contributed by atoms with Crippen molar-refractivity contribution < 1.29 is 4.74 Å². The monoisotopic (exact) mass is 468 g/mol. The summed E-state index contributed by atoms with van der Waals surface area (Å²) < 4.78 is 5.03. The van der Waals surface area contributed by atoms with Crippen LogP contribution in [-0.2, 0) is 17.8 Å².